The molecule has 14 heteroatoms. The molecule has 4 aromatic rings. The van der Waals surface area contributed by atoms with Gasteiger partial charge in [-0.25, -0.2) is 14.4 Å². The molecule has 47 heavy (non-hydrogen) atoms. The molecule has 2 aliphatic heterocycles. The quantitative estimate of drug-likeness (QED) is 0.249. The molecule has 3 N–H and O–H groups in total. The molecule has 12 nitrogen and oxygen atoms in total. The minimum absolute atomic E-state index is 0.0106. The van der Waals surface area contributed by atoms with Crippen molar-refractivity contribution in [2.45, 2.75) is 19.4 Å². The predicted octanol–water partition coefficient (Wildman–Crippen LogP) is 3.06. The van der Waals surface area contributed by atoms with Gasteiger partial charge in [-0.1, -0.05) is 0 Å². The topological polar surface area (TPSA) is 137 Å². The van der Waals surface area contributed by atoms with Crippen molar-refractivity contribution in [3.63, 3.8) is 0 Å². The van der Waals surface area contributed by atoms with Crippen LogP contribution in [-0.4, -0.2) is 106 Å². The zero-order valence-corrected chi connectivity index (χ0v) is 26.1. The third-order valence-electron chi connectivity index (χ3n) is 8.61. The lowest BCUT2D eigenvalue weighted by Crippen LogP contribution is -2.55. The number of amides is 2. The van der Waals surface area contributed by atoms with Crippen molar-refractivity contribution in [1.29, 1.82) is 0 Å². The first-order chi connectivity index (χ1) is 22.8. The van der Waals surface area contributed by atoms with Crippen LogP contribution in [-0.2, 0) is 4.79 Å². The van der Waals surface area contributed by atoms with Gasteiger partial charge in [-0.05, 0) is 55.8 Å². The number of nitrogens with one attached hydrogen (secondary N) is 2. The van der Waals surface area contributed by atoms with Crippen molar-refractivity contribution in [2.24, 2.45) is 10.9 Å². The molecule has 2 aromatic heterocycles. The van der Waals surface area contributed by atoms with Crippen molar-refractivity contribution in [3.05, 3.63) is 71.7 Å². The normalized spacial score (nSPS) is 18.6. The van der Waals surface area contributed by atoms with E-state index in [4.69, 9.17) is 4.74 Å². The molecule has 0 saturated carbocycles. The summed E-state index contributed by atoms with van der Waals surface area (Å²) < 4.78 is 36.8. The minimum Gasteiger partial charge on any atom is -0.485 e. The Hall–Kier alpha value is -4.95. The average molecular weight is 647 g/mol. The van der Waals surface area contributed by atoms with Gasteiger partial charge in [-0.2, -0.15) is 4.39 Å². The van der Waals surface area contributed by atoms with E-state index in [0.29, 0.717) is 74.1 Å². The summed E-state index contributed by atoms with van der Waals surface area (Å²) in [4.78, 5) is 42.5. The van der Waals surface area contributed by atoms with E-state index < -0.39 is 23.7 Å². The van der Waals surface area contributed by atoms with Gasteiger partial charge >= 0.3 is 0 Å². The van der Waals surface area contributed by atoms with E-state index in [1.165, 1.54) is 30.7 Å². The Kier molecular flexibility index (Phi) is 9.41. The molecular weight excluding hydrogens is 610 g/mol. The zero-order chi connectivity index (χ0) is 33.1. The van der Waals surface area contributed by atoms with Crippen molar-refractivity contribution in [1.82, 2.24) is 29.5 Å². The minimum atomic E-state index is -1.10. The summed E-state index contributed by atoms with van der Waals surface area (Å²) in [6.45, 7) is 4.64. The Morgan fingerprint density at radius 1 is 1.13 bits per heavy atom. The Balaban J connectivity index is 1.14. The lowest BCUT2D eigenvalue weighted by atomic mass is 9.93. The van der Waals surface area contributed by atoms with Gasteiger partial charge in [0.05, 0.1) is 23.9 Å². The SMILES string of the molecule is C/N=C/COc1ccc(-c2cnc3c(Nc4ccc(C(=O)N5CCN(C(=O)[C@H]6CCNC[C@H]6O)CC5)c(C)c4)nccn23)c(F)c1F. The second kappa shape index (κ2) is 13.8. The van der Waals surface area contributed by atoms with Gasteiger partial charge in [0.25, 0.3) is 5.91 Å². The lowest BCUT2D eigenvalue weighted by molar-refractivity contribution is -0.141. The number of carbonyl (C=O) groups excluding carboxylic acids is 2. The number of nitrogens with zero attached hydrogens (tertiary/aromatic N) is 6. The van der Waals surface area contributed by atoms with Crippen LogP contribution in [0.15, 0.2) is 53.9 Å². The standard InChI is InChI=1S/C33H36F2N8O4/c1-20-17-21(3-4-22(20)32(45)41-12-14-42(15-13-41)33(46)24-7-8-37-19-26(24)44)40-30-31-39-18-25(43(31)11-9-38-30)23-5-6-27(29(35)28(23)34)47-16-10-36-2/h3-6,9-11,17-18,24,26,37,44H,7-8,12-16,19H2,1-2H3,(H,38,40)/b36-10+/t24-,26+/m0/s1. The first kappa shape index (κ1) is 32.0. The Morgan fingerprint density at radius 2 is 1.91 bits per heavy atom. The number of aliphatic imine (C=N–C) groups is 1. The van der Waals surface area contributed by atoms with Crippen molar-refractivity contribution < 1.29 is 28.2 Å². The van der Waals surface area contributed by atoms with Gasteiger partial charge in [0.2, 0.25) is 11.7 Å². The zero-order valence-electron chi connectivity index (χ0n) is 26.1. The highest BCUT2D eigenvalue weighted by Gasteiger charge is 2.34. The second-order valence-corrected chi connectivity index (χ2v) is 11.5. The summed E-state index contributed by atoms with van der Waals surface area (Å²) in [5.41, 5.74) is 2.69. The number of halogens is 2. The van der Waals surface area contributed by atoms with E-state index in [-0.39, 0.29) is 29.7 Å². The third kappa shape index (κ3) is 6.51. The van der Waals surface area contributed by atoms with Gasteiger partial charge in [0.15, 0.2) is 23.0 Å². The number of imidazole rings is 1. The number of piperazine rings is 1. The lowest BCUT2D eigenvalue weighted by Gasteiger charge is -2.38. The summed E-state index contributed by atoms with van der Waals surface area (Å²) in [5.74, 6) is -2.57. The van der Waals surface area contributed by atoms with E-state index in [1.54, 1.807) is 39.6 Å². The van der Waals surface area contributed by atoms with Crippen molar-refractivity contribution >= 4 is 35.2 Å². The van der Waals surface area contributed by atoms with Crippen LogP contribution in [0.4, 0.5) is 20.3 Å². The average Bonchev–Trinajstić information content (AvgIpc) is 3.51. The molecule has 2 aromatic carbocycles. The molecule has 2 aliphatic rings. The number of fused-ring (bicyclic) bond motifs is 1. The fraction of sp³-hybridized carbons (Fsp3) is 0.364. The molecule has 2 saturated heterocycles. The fourth-order valence-corrected chi connectivity index (χ4v) is 6.03. The summed E-state index contributed by atoms with van der Waals surface area (Å²) in [6, 6.07) is 8.14. The number of benzene rings is 2. The van der Waals surface area contributed by atoms with E-state index >= 15 is 4.39 Å². The second-order valence-electron chi connectivity index (χ2n) is 11.5. The molecule has 2 atom stereocenters. The number of aromatic nitrogens is 3. The Labute approximate surface area is 270 Å². The first-order valence-corrected chi connectivity index (χ1v) is 15.4. The van der Waals surface area contributed by atoms with E-state index in [9.17, 15) is 19.1 Å². The van der Waals surface area contributed by atoms with Crippen LogP contribution in [0.1, 0.15) is 22.3 Å². The highest BCUT2D eigenvalue weighted by atomic mass is 19.2. The molecule has 6 rings (SSSR count). The largest absolute Gasteiger partial charge is 0.485 e. The Morgan fingerprint density at radius 3 is 2.66 bits per heavy atom. The number of ether oxygens (including phenoxy) is 1. The van der Waals surface area contributed by atoms with Crippen LogP contribution >= 0.6 is 0 Å². The molecule has 4 heterocycles. The summed E-state index contributed by atoms with van der Waals surface area (Å²) in [5, 5.41) is 16.6. The summed E-state index contributed by atoms with van der Waals surface area (Å²) >= 11 is 0. The number of rotatable bonds is 8. The predicted molar refractivity (Wildman–Crippen MR) is 172 cm³/mol. The molecule has 0 unspecified atom stereocenters. The van der Waals surface area contributed by atoms with Gasteiger partial charge in [-0.15, -0.1) is 0 Å². The highest BCUT2D eigenvalue weighted by Crippen LogP contribution is 2.32. The molecule has 246 valence electrons. The smallest absolute Gasteiger partial charge is 0.254 e. The molecule has 2 amide bonds. The van der Waals surface area contributed by atoms with Gasteiger partial charge in [-0.3, -0.25) is 19.0 Å². The molecule has 2 fully saturated rings. The van der Waals surface area contributed by atoms with E-state index in [2.05, 4.69) is 25.6 Å². The number of carbonyl (C=O) groups is 2. The maximum atomic E-state index is 15.1. The molecular formula is C33H36F2N8O4. The monoisotopic (exact) mass is 646 g/mol. The van der Waals surface area contributed by atoms with Crippen LogP contribution in [0.25, 0.3) is 16.9 Å². The number of aryl methyl sites for hydroxylation is 1. The van der Waals surface area contributed by atoms with Crippen molar-refractivity contribution in [2.75, 3.05) is 58.2 Å². The number of β-amino-alcohol motifs (C(OH)–C–C–N with tert-alkyl or cyclic N) is 1. The van der Waals surface area contributed by atoms with Crippen LogP contribution in [0, 0.1) is 24.5 Å². The van der Waals surface area contributed by atoms with Gasteiger partial charge in [0, 0.05) is 75.2 Å². The number of anilines is 2. The van der Waals surface area contributed by atoms with Crippen LogP contribution in [0.2, 0.25) is 0 Å². The maximum absolute atomic E-state index is 15.1. The number of hydrogen-bond donors (Lipinski definition) is 3. The third-order valence-corrected chi connectivity index (χ3v) is 8.61. The number of hydrogen-bond acceptors (Lipinski definition) is 9. The first-order valence-electron chi connectivity index (χ1n) is 15.4. The van der Waals surface area contributed by atoms with Gasteiger partial charge < -0.3 is 30.3 Å². The van der Waals surface area contributed by atoms with Crippen LogP contribution in [0.3, 0.4) is 0 Å². The summed E-state index contributed by atoms with van der Waals surface area (Å²) in [6.07, 6.45) is 5.93. The number of aliphatic hydroxyl groups excluding tert-OH is 1. The maximum Gasteiger partial charge on any atom is 0.254 e. The van der Waals surface area contributed by atoms with Gasteiger partial charge in [0.1, 0.15) is 6.61 Å². The number of piperidine rings is 1. The summed E-state index contributed by atoms with van der Waals surface area (Å²) in [7, 11) is 1.56. The highest BCUT2D eigenvalue weighted by molar-refractivity contribution is 5.96. The molecule has 0 spiro atoms. The van der Waals surface area contributed by atoms with Crippen LogP contribution in [0.5, 0.6) is 5.75 Å². The Bertz CT molecular complexity index is 1820. The molecule has 0 aliphatic carbocycles. The van der Waals surface area contributed by atoms with E-state index in [1.807, 2.05) is 13.0 Å². The van der Waals surface area contributed by atoms with Crippen LogP contribution < -0.4 is 15.4 Å². The molecule has 0 radical (unpaired) electrons. The van der Waals surface area contributed by atoms with Crippen molar-refractivity contribution in [3.8, 4) is 17.0 Å². The fourth-order valence-electron chi connectivity index (χ4n) is 6.03. The molecule has 0 bridgehead atoms. The van der Waals surface area contributed by atoms with E-state index in [0.717, 1.165) is 5.56 Å². The number of aliphatic hydroxyl groups is 1.